The highest BCUT2D eigenvalue weighted by Gasteiger charge is 2.17. The maximum atomic E-state index is 14.0. The van der Waals surface area contributed by atoms with E-state index in [2.05, 4.69) is 0 Å². The molecule has 0 unspecified atom stereocenters. The molecule has 0 radical (unpaired) electrons. The van der Waals surface area contributed by atoms with E-state index in [-0.39, 0.29) is 24.6 Å². The molecule has 3 rings (SSSR count). The van der Waals surface area contributed by atoms with Gasteiger partial charge in [-0.3, -0.25) is 4.79 Å². The van der Waals surface area contributed by atoms with Gasteiger partial charge in [0.25, 0.3) is 5.91 Å². The summed E-state index contributed by atoms with van der Waals surface area (Å²) in [7, 11) is 1.32. The number of para-hydroxylation sites is 1. The molecule has 0 spiro atoms. The molecule has 0 fully saturated rings. The van der Waals surface area contributed by atoms with Gasteiger partial charge in [0.1, 0.15) is 28.7 Å². The molecule has 8 heteroatoms. The van der Waals surface area contributed by atoms with E-state index in [0.717, 1.165) is 11.6 Å². The van der Waals surface area contributed by atoms with Gasteiger partial charge in [-0.05, 0) is 42.3 Å². The Labute approximate surface area is 209 Å². The Hall–Kier alpha value is -3.94. The summed E-state index contributed by atoms with van der Waals surface area (Å²) in [5, 5.41) is 0. The van der Waals surface area contributed by atoms with E-state index >= 15 is 0 Å². The molecule has 0 aliphatic carbocycles. The van der Waals surface area contributed by atoms with Crippen LogP contribution in [0.15, 0.2) is 66.7 Å². The van der Waals surface area contributed by atoms with Crippen LogP contribution in [0.25, 0.3) is 0 Å². The molecule has 0 heterocycles. The Balaban J connectivity index is 1.50. The quantitative estimate of drug-likeness (QED) is 0.322. The predicted octanol–water partition coefficient (Wildman–Crippen LogP) is 5.19. The first kappa shape index (κ1) is 26.7. The van der Waals surface area contributed by atoms with Crippen LogP contribution in [0.1, 0.15) is 34.8 Å². The highest BCUT2D eigenvalue weighted by atomic mass is 19.1. The second kappa shape index (κ2) is 13.2. The van der Waals surface area contributed by atoms with Crippen molar-refractivity contribution in [2.75, 3.05) is 26.9 Å². The number of esters is 1. The highest BCUT2D eigenvalue weighted by Crippen LogP contribution is 2.20. The van der Waals surface area contributed by atoms with Gasteiger partial charge in [-0.1, -0.05) is 37.3 Å². The highest BCUT2D eigenvalue weighted by molar-refractivity contribution is 5.92. The lowest BCUT2D eigenvalue weighted by atomic mass is 10.1. The zero-order chi connectivity index (χ0) is 25.9. The Morgan fingerprint density at radius 3 is 2.39 bits per heavy atom. The first-order chi connectivity index (χ1) is 17.4. The summed E-state index contributed by atoms with van der Waals surface area (Å²) in [6.07, 6.45) is 1.29. The topological polar surface area (TPSA) is 65.1 Å². The van der Waals surface area contributed by atoms with Crippen LogP contribution in [0.4, 0.5) is 8.78 Å². The van der Waals surface area contributed by atoms with Gasteiger partial charge in [-0.15, -0.1) is 0 Å². The molecule has 0 saturated heterocycles. The number of nitrogens with zero attached hydrogens (tertiary/aromatic N) is 1. The van der Waals surface area contributed by atoms with Crippen molar-refractivity contribution in [1.82, 2.24) is 4.90 Å². The van der Waals surface area contributed by atoms with Crippen molar-refractivity contribution in [2.45, 2.75) is 26.3 Å². The van der Waals surface area contributed by atoms with Crippen LogP contribution in [-0.4, -0.2) is 43.6 Å². The number of methoxy groups -OCH3 is 1. The Kier molecular flexibility index (Phi) is 9.80. The molecule has 0 N–H and O–H groups in total. The average molecular weight is 498 g/mol. The first-order valence-electron chi connectivity index (χ1n) is 11.6. The number of amides is 1. The standard InChI is InChI=1S/C28H29F2NO5/c1-3-15-31(18-21-10-11-22(29)17-25(21)30)27(32)19-36-23-12-8-20(9-13-23)14-16-35-26-7-5-4-6-24(26)28(33)34-2/h4-13,17H,3,14-16,18-19H2,1-2H3. The summed E-state index contributed by atoms with van der Waals surface area (Å²) in [6, 6.07) is 17.5. The van der Waals surface area contributed by atoms with Crippen LogP contribution in [0.3, 0.4) is 0 Å². The maximum absolute atomic E-state index is 14.0. The number of hydrogen-bond acceptors (Lipinski definition) is 5. The van der Waals surface area contributed by atoms with E-state index in [4.69, 9.17) is 14.2 Å². The van der Waals surface area contributed by atoms with E-state index in [1.807, 2.05) is 19.1 Å². The van der Waals surface area contributed by atoms with Crippen molar-refractivity contribution in [2.24, 2.45) is 0 Å². The van der Waals surface area contributed by atoms with Crippen LogP contribution < -0.4 is 9.47 Å². The Bertz CT molecular complexity index is 1170. The minimum absolute atomic E-state index is 0.0419. The number of benzene rings is 3. The fourth-order valence-corrected chi connectivity index (χ4v) is 3.56. The number of ether oxygens (including phenoxy) is 3. The molecule has 1 amide bonds. The number of halogens is 2. The summed E-state index contributed by atoms with van der Waals surface area (Å²) in [6.45, 7) is 2.55. The lowest BCUT2D eigenvalue weighted by molar-refractivity contribution is -0.134. The third-order valence-electron chi connectivity index (χ3n) is 5.45. The Morgan fingerprint density at radius 1 is 0.944 bits per heavy atom. The normalized spacial score (nSPS) is 10.6. The lowest BCUT2D eigenvalue weighted by Gasteiger charge is -2.22. The van der Waals surface area contributed by atoms with E-state index < -0.39 is 17.6 Å². The zero-order valence-electron chi connectivity index (χ0n) is 20.3. The molecular weight excluding hydrogens is 468 g/mol. The third kappa shape index (κ3) is 7.53. The van der Waals surface area contributed by atoms with Crippen LogP contribution >= 0.6 is 0 Å². The van der Waals surface area contributed by atoms with Gasteiger partial charge in [0.2, 0.25) is 0 Å². The summed E-state index contributed by atoms with van der Waals surface area (Å²) in [5.41, 5.74) is 1.61. The largest absolute Gasteiger partial charge is 0.492 e. The van der Waals surface area contributed by atoms with E-state index in [1.54, 1.807) is 36.4 Å². The van der Waals surface area contributed by atoms with E-state index in [9.17, 15) is 18.4 Å². The molecule has 3 aromatic carbocycles. The fourth-order valence-electron chi connectivity index (χ4n) is 3.56. The van der Waals surface area contributed by atoms with Crippen molar-refractivity contribution in [3.8, 4) is 11.5 Å². The minimum atomic E-state index is -0.682. The Morgan fingerprint density at radius 2 is 1.69 bits per heavy atom. The molecule has 0 aliphatic heterocycles. The molecule has 190 valence electrons. The van der Waals surface area contributed by atoms with E-state index in [1.165, 1.54) is 24.1 Å². The van der Waals surface area contributed by atoms with Gasteiger partial charge in [-0.2, -0.15) is 0 Å². The van der Waals surface area contributed by atoms with Crippen LogP contribution in [0, 0.1) is 11.6 Å². The van der Waals surface area contributed by atoms with Gasteiger partial charge >= 0.3 is 5.97 Å². The van der Waals surface area contributed by atoms with Crippen molar-refractivity contribution >= 4 is 11.9 Å². The van der Waals surface area contributed by atoms with Crippen molar-refractivity contribution < 1.29 is 32.6 Å². The number of carbonyl (C=O) groups is 2. The molecule has 3 aromatic rings. The molecule has 6 nitrogen and oxygen atoms in total. The second-order valence-electron chi connectivity index (χ2n) is 8.07. The third-order valence-corrected chi connectivity index (χ3v) is 5.45. The molecule has 0 aliphatic rings. The monoisotopic (exact) mass is 497 g/mol. The molecule has 0 saturated carbocycles. The first-order valence-corrected chi connectivity index (χ1v) is 11.6. The summed E-state index contributed by atoms with van der Waals surface area (Å²) >= 11 is 0. The molecule has 36 heavy (non-hydrogen) atoms. The number of hydrogen-bond donors (Lipinski definition) is 0. The van der Waals surface area contributed by atoms with Gasteiger partial charge in [0.05, 0.1) is 13.7 Å². The zero-order valence-corrected chi connectivity index (χ0v) is 20.3. The molecule has 0 aromatic heterocycles. The van der Waals surface area contributed by atoms with Crippen LogP contribution in [0.5, 0.6) is 11.5 Å². The predicted molar refractivity (Wildman–Crippen MR) is 131 cm³/mol. The summed E-state index contributed by atoms with van der Waals surface area (Å²) in [4.78, 5) is 26.0. The maximum Gasteiger partial charge on any atom is 0.341 e. The molecular formula is C28H29F2NO5. The SMILES string of the molecule is CCCN(Cc1ccc(F)cc1F)C(=O)COc1ccc(CCOc2ccccc2C(=O)OC)cc1. The molecule has 0 atom stereocenters. The van der Waals surface area contributed by atoms with Crippen molar-refractivity contribution in [3.05, 3.63) is 95.1 Å². The average Bonchev–Trinajstić information content (AvgIpc) is 2.89. The fraction of sp³-hybridized carbons (Fsp3) is 0.286. The smallest absolute Gasteiger partial charge is 0.341 e. The van der Waals surface area contributed by atoms with Crippen LogP contribution in [0.2, 0.25) is 0 Å². The number of carbonyl (C=O) groups excluding carboxylic acids is 2. The molecule has 0 bridgehead atoms. The van der Waals surface area contributed by atoms with Gasteiger partial charge in [0, 0.05) is 31.1 Å². The van der Waals surface area contributed by atoms with Crippen LogP contribution in [-0.2, 0) is 22.5 Å². The van der Waals surface area contributed by atoms with Gasteiger partial charge in [-0.25, -0.2) is 13.6 Å². The second-order valence-corrected chi connectivity index (χ2v) is 8.07. The summed E-state index contributed by atoms with van der Waals surface area (Å²) < 4.78 is 43.4. The number of rotatable bonds is 12. The summed E-state index contributed by atoms with van der Waals surface area (Å²) in [5.74, 6) is -1.11. The van der Waals surface area contributed by atoms with Crippen molar-refractivity contribution in [1.29, 1.82) is 0 Å². The lowest BCUT2D eigenvalue weighted by Crippen LogP contribution is -2.35. The van der Waals surface area contributed by atoms with Gasteiger partial charge < -0.3 is 19.1 Å². The van der Waals surface area contributed by atoms with E-state index in [0.29, 0.717) is 43.1 Å². The van der Waals surface area contributed by atoms with Gasteiger partial charge in [0.15, 0.2) is 6.61 Å². The minimum Gasteiger partial charge on any atom is -0.492 e. The van der Waals surface area contributed by atoms with Crippen molar-refractivity contribution in [3.63, 3.8) is 0 Å².